The first-order valence-electron chi connectivity index (χ1n) is 11.2. The number of hydrogen-bond donors (Lipinski definition) is 0. The maximum Gasteiger partial charge on any atom is 0.227 e. The molecule has 5 rings (SSSR count). The highest BCUT2D eigenvalue weighted by Gasteiger charge is 2.31. The highest BCUT2D eigenvalue weighted by molar-refractivity contribution is 5.92. The predicted octanol–water partition coefficient (Wildman–Crippen LogP) is 3.50. The Balaban J connectivity index is 1.27. The molecular formula is C25H29N5O. The highest BCUT2D eigenvalue weighted by atomic mass is 16.2. The SMILES string of the molecule is Cc1ccc2nccc(N3CCCC(C(=O)N4CCN(c5ccccn5)CC4)C3)c2c1. The van der Waals surface area contributed by atoms with Crippen molar-refractivity contribution in [3.05, 3.63) is 60.4 Å². The average molecular weight is 416 g/mol. The van der Waals surface area contributed by atoms with Gasteiger partial charge in [-0.2, -0.15) is 0 Å². The lowest BCUT2D eigenvalue weighted by atomic mass is 9.95. The molecule has 1 atom stereocenters. The van der Waals surface area contributed by atoms with Crippen LogP contribution in [-0.4, -0.2) is 60.0 Å². The second-order valence-corrected chi connectivity index (χ2v) is 8.64. The monoisotopic (exact) mass is 415 g/mol. The van der Waals surface area contributed by atoms with Crippen LogP contribution in [-0.2, 0) is 4.79 Å². The van der Waals surface area contributed by atoms with Crippen molar-refractivity contribution in [1.29, 1.82) is 0 Å². The smallest absolute Gasteiger partial charge is 0.227 e. The van der Waals surface area contributed by atoms with Crippen LogP contribution >= 0.6 is 0 Å². The van der Waals surface area contributed by atoms with Gasteiger partial charge in [-0.15, -0.1) is 0 Å². The van der Waals surface area contributed by atoms with Crippen molar-refractivity contribution < 1.29 is 4.79 Å². The zero-order chi connectivity index (χ0) is 21.2. The molecule has 0 N–H and O–H groups in total. The molecule has 0 saturated carbocycles. The second-order valence-electron chi connectivity index (χ2n) is 8.64. The number of piperidine rings is 1. The van der Waals surface area contributed by atoms with Gasteiger partial charge in [0.05, 0.1) is 11.4 Å². The Bertz CT molecular complexity index is 1060. The molecule has 2 aliphatic rings. The Labute approximate surface area is 183 Å². The van der Waals surface area contributed by atoms with E-state index >= 15 is 0 Å². The fraction of sp³-hybridized carbons (Fsp3) is 0.400. The number of pyridine rings is 2. The fourth-order valence-electron chi connectivity index (χ4n) is 4.87. The summed E-state index contributed by atoms with van der Waals surface area (Å²) in [6.45, 7) is 7.10. The minimum Gasteiger partial charge on any atom is -0.370 e. The van der Waals surface area contributed by atoms with Crippen molar-refractivity contribution in [2.24, 2.45) is 5.92 Å². The number of hydrogen-bond acceptors (Lipinski definition) is 5. The lowest BCUT2D eigenvalue weighted by Crippen LogP contribution is -2.52. The number of anilines is 2. The quantitative estimate of drug-likeness (QED) is 0.655. The summed E-state index contributed by atoms with van der Waals surface area (Å²) in [7, 11) is 0. The standard InChI is InChI=1S/C25H29N5O/c1-19-7-8-22-21(17-19)23(9-11-26-22)30-12-4-5-20(18-30)25(31)29-15-13-28(14-16-29)24-6-2-3-10-27-24/h2-3,6-11,17,20H,4-5,12-16,18H2,1H3. The number of benzene rings is 1. The molecule has 0 aliphatic carbocycles. The third-order valence-electron chi connectivity index (χ3n) is 6.55. The summed E-state index contributed by atoms with van der Waals surface area (Å²) in [5, 5.41) is 1.18. The van der Waals surface area contributed by atoms with E-state index in [1.54, 1.807) is 0 Å². The number of piperazine rings is 1. The van der Waals surface area contributed by atoms with Crippen LogP contribution in [0.5, 0.6) is 0 Å². The molecule has 2 fully saturated rings. The topological polar surface area (TPSA) is 52.6 Å². The number of amides is 1. The molecule has 0 bridgehead atoms. The molecule has 6 nitrogen and oxygen atoms in total. The third-order valence-corrected chi connectivity index (χ3v) is 6.55. The van der Waals surface area contributed by atoms with E-state index in [2.05, 4.69) is 55.9 Å². The van der Waals surface area contributed by atoms with Crippen LogP contribution in [0, 0.1) is 12.8 Å². The minimum absolute atomic E-state index is 0.0585. The molecule has 31 heavy (non-hydrogen) atoms. The average Bonchev–Trinajstić information content (AvgIpc) is 2.84. The summed E-state index contributed by atoms with van der Waals surface area (Å²) >= 11 is 0. The maximum atomic E-state index is 13.3. The van der Waals surface area contributed by atoms with Gasteiger partial charge in [-0.3, -0.25) is 9.78 Å². The van der Waals surface area contributed by atoms with E-state index < -0.39 is 0 Å². The van der Waals surface area contributed by atoms with Gasteiger partial charge in [0, 0.05) is 62.7 Å². The Morgan fingerprint density at radius 2 is 1.81 bits per heavy atom. The lowest BCUT2D eigenvalue weighted by molar-refractivity contribution is -0.136. The van der Waals surface area contributed by atoms with Gasteiger partial charge < -0.3 is 14.7 Å². The van der Waals surface area contributed by atoms with E-state index in [9.17, 15) is 4.79 Å². The van der Waals surface area contributed by atoms with Crippen molar-refractivity contribution in [2.75, 3.05) is 49.1 Å². The lowest BCUT2D eigenvalue weighted by Gasteiger charge is -2.40. The van der Waals surface area contributed by atoms with E-state index in [4.69, 9.17) is 0 Å². The molecule has 0 spiro atoms. The van der Waals surface area contributed by atoms with Gasteiger partial charge in [-0.25, -0.2) is 4.98 Å². The van der Waals surface area contributed by atoms with Crippen molar-refractivity contribution in [2.45, 2.75) is 19.8 Å². The molecule has 0 radical (unpaired) electrons. The maximum absolute atomic E-state index is 13.3. The minimum atomic E-state index is 0.0585. The summed E-state index contributed by atoms with van der Waals surface area (Å²) in [4.78, 5) is 29.0. The zero-order valence-electron chi connectivity index (χ0n) is 18.1. The van der Waals surface area contributed by atoms with Gasteiger partial charge in [0.1, 0.15) is 5.82 Å². The van der Waals surface area contributed by atoms with Gasteiger partial charge in [0.15, 0.2) is 0 Å². The summed E-state index contributed by atoms with van der Waals surface area (Å²) < 4.78 is 0. The Morgan fingerprint density at radius 3 is 2.61 bits per heavy atom. The Hall–Kier alpha value is -3.15. The van der Waals surface area contributed by atoms with Crippen LogP contribution in [0.3, 0.4) is 0 Å². The largest absolute Gasteiger partial charge is 0.370 e. The van der Waals surface area contributed by atoms with E-state index in [1.807, 2.05) is 30.6 Å². The predicted molar refractivity (Wildman–Crippen MR) is 124 cm³/mol. The first kappa shape index (κ1) is 19.8. The number of aromatic nitrogens is 2. The Kier molecular flexibility index (Phi) is 5.45. The Morgan fingerprint density at radius 1 is 0.935 bits per heavy atom. The van der Waals surface area contributed by atoms with Crippen LogP contribution in [0.15, 0.2) is 54.9 Å². The van der Waals surface area contributed by atoms with Gasteiger partial charge >= 0.3 is 0 Å². The summed E-state index contributed by atoms with van der Waals surface area (Å²) in [6, 6.07) is 14.5. The van der Waals surface area contributed by atoms with Crippen molar-refractivity contribution >= 4 is 28.3 Å². The van der Waals surface area contributed by atoms with E-state index in [-0.39, 0.29) is 5.92 Å². The van der Waals surface area contributed by atoms with Crippen molar-refractivity contribution in [1.82, 2.24) is 14.9 Å². The molecule has 6 heteroatoms. The van der Waals surface area contributed by atoms with Crippen LogP contribution in [0.4, 0.5) is 11.5 Å². The number of carbonyl (C=O) groups excluding carboxylic acids is 1. The van der Waals surface area contributed by atoms with Gasteiger partial charge in [-0.1, -0.05) is 17.7 Å². The number of carbonyl (C=O) groups is 1. The van der Waals surface area contributed by atoms with Gasteiger partial charge in [-0.05, 0) is 50.1 Å². The normalized spacial score (nSPS) is 19.6. The molecule has 4 heterocycles. The summed E-state index contributed by atoms with van der Waals surface area (Å²) in [5.74, 6) is 1.36. The van der Waals surface area contributed by atoms with E-state index in [0.29, 0.717) is 5.91 Å². The molecule has 2 saturated heterocycles. The van der Waals surface area contributed by atoms with Crippen LogP contribution < -0.4 is 9.80 Å². The number of rotatable bonds is 3. The molecule has 2 aromatic heterocycles. The highest BCUT2D eigenvalue weighted by Crippen LogP contribution is 2.30. The first-order valence-corrected chi connectivity index (χ1v) is 11.2. The first-order chi connectivity index (χ1) is 15.2. The molecule has 1 amide bonds. The molecular weight excluding hydrogens is 386 g/mol. The van der Waals surface area contributed by atoms with Gasteiger partial charge in [0.25, 0.3) is 0 Å². The van der Waals surface area contributed by atoms with Crippen molar-refractivity contribution in [3.63, 3.8) is 0 Å². The third kappa shape index (κ3) is 4.07. The molecule has 160 valence electrons. The van der Waals surface area contributed by atoms with Crippen LogP contribution in [0.1, 0.15) is 18.4 Å². The molecule has 1 unspecified atom stereocenters. The van der Waals surface area contributed by atoms with Crippen LogP contribution in [0.25, 0.3) is 10.9 Å². The number of nitrogens with zero attached hydrogens (tertiary/aromatic N) is 5. The fourth-order valence-corrected chi connectivity index (χ4v) is 4.87. The second kappa shape index (κ2) is 8.53. The summed E-state index contributed by atoms with van der Waals surface area (Å²) in [6.07, 6.45) is 5.72. The van der Waals surface area contributed by atoms with Gasteiger partial charge in [0.2, 0.25) is 5.91 Å². The van der Waals surface area contributed by atoms with Crippen molar-refractivity contribution in [3.8, 4) is 0 Å². The van der Waals surface area contributed by atoms with E-state index in [1.165, 1.54) is 16.6 Å². The zero-order valence-corrected chi connectivity index (χ0v) is 18.1. The van der Waals surface area contributed by atoms with Crippen LogP contribution in [0.2, 0.25) is 0 Å². The number of aryl methyl sites for hydroxylation is 1. The number of fused-ring (bicyclic) bond motifs is 1. The molecule has 2 aliphatic heterocycles. The van der Waals surface area contributed by atoms with E-state index in [0.717, 1.165) is 63.4 Å². The molecule has 3 aromatic rings. The molecule has 1 aromatic carbocycles. The summed E-state index contributed by atoms with van der Waals surface area (Å²) in [5.41, 5.74) is 3.45.